The standard InChI is InChI=1S/C6H5F2NOS/c1-3-2-11-6(9-3)4(10)5(7)8/h2,5H,1H3. The van der Waals surface area contributed by atoms with Gasteiger partial charge < -0.3 is 0 Å². The van der Waals surface area contributed by atoms with Crippen LogP contribution in [-0.4, -0.2) is 17.2 Å². The van der Waals surface area contributed by atoms with E-state index in [2.05, 4.69) is 4.98 Å². The third-order valence-electron chi connectivity index (χ3n) is 1.03. The largest absolute Gasteiger partial charge is 0.303 e. The molecule has 0 fully saturated rings. The molecule has 1 aromatic heterocycles. The Balaban J connectivity index is 2.85. The predicted octanol–water partition coefficient (Wildman–Crippen LogP) is 1.90. The van der Waals surface area contributed by atoms with Crippen molar-refractivity contribution in [2.75, 3.05) is 0 Å². The number of nitrogens with zero attached hydrogens (tertiary/aromatic N) is 1. The highest BCUT2D eigenvalue weighted by molar-refractivity contribution is 7.11. The Bertz CT molecular complexity index is 271. The molecule has 0 aromatic carbocycles. The zero-order chi connectivity index (χ0) is 8.43. The van der Waals surface area contributed by atoms with Gasteiger partial charge in [0.2, 0.25) is 0 Å². The van der Waals surface area contributed by atoms with Crippen LogP contribution in [0.2, 0.25) is 0 Å². The number of hydrogen-bond acceptors (Lipinski definition) is 3. The van der Waals surface area contributed by atoms with Crippen molar-refractivity contribution in [2.45, 2.75) is 13.3 Å². The fourth-order valence-corrected chi connectivity index (χ4v) is 1.30. The van der Waals surface area contributed by atoms with E-state index in [-0.39, 0.29) is 5.01 Å². The van der Waals surface area contributed by atoms with Crippen LogP contribution in [0.25, 0.3) is 0 Å². The van der Waals surface area contributed by atoms with E-state index in [0.717, 1.165) is 11.3 Å². The van der Waals surface area contributed by atoms with Crippen molar-refractivity contribution < 1.29 is 13.6 Å². The zero-order valence-corrected chi connectivity index (χ0v) is 6.49. The summed E-state index contributed by atoms with van der Waals surface area (Å²) in [6, 6.07) is 0. The molecule has 0 amide bonds. The average molecular weight is 177 g/mol. The van der Waals surface area contributed by atoms with Gasteiger partial charge in [-0.05, 0) is 6.92 Å². The van der Waals surface area contributed by atoms with Crippen molar-refractivity contribution in [3.8, 4) is 0 Å². The van der Waals surface area contributed by atoms with Crippen LogP contribution in [0.1, 0.15) is 15.5 Å². The number of Topliss-reactive ketones (excluding diaryl/α,β-unsaturated/α-hetero) is 1. The summed E-state index contributed by atoms with van der Waals surface area (Å²) in [5.74, 6) is -1.19. The number of aryl methyl sites for hydroxylation is 1. The lowest BCUT2D eigenvalue weighted by atomic mass is 10.4. The predicted molar refractivity (Wildman–Crippen MR) is 37.2 cm³/mol. The first-order valence-corrected chi connectivity index (χ1v) is 3.73. The Morgan fingerprint density at radius 1 is 1.73 bits per heavy atom. The van der Waals surface area contributed by atoms with Gasteiger partial charge >= 0.3 is 6.43 Å². The molecule has 0 saturated carbocycles. The minimum Gasteiger partial charge on any atom is -0.285 e. The van der Waals surface area contributed by atoms with Crippen molar-refractivity contribution in [1.29, 1.82) is 0 Å². The summed E-state index contributed by atoms with van der Waals surface area (Å²) in [5.41, 5.74) is 0.596. The molecule has 1 heterocycles. The van der Waals surface area contributed by atoms with Gasteiger partial charge in [-0.25, -0.2) is 13.8 Å². The van der Waals surface area contributed by atoms with Gasteiger partial charge in [0.15, 0.2) is 5.01 Å². The minimum atomic E-state index is -2.94. The molecule has 0 radical (unpaired) electrons. The van der Waals surface area contributed by atoms with Gasteiger partial charge in [-0.2, -0.15) is 0 Å². The highest BCUT2D eigenvalue weighted by Crippen LogP contribution is 2.12. The second-order valence-corrected chi connectivity index (χ2v) is 2.82. The molecular formula is C6H5F2NOS. The summed E-state index contributed by atoms with van der Waals surface area (Å²) in [4.78, 5) is 14.2. The van der Waals surface area contributed by atoms with Gasteiger partial charge in [0, 0.05) is 11.1 Å². The Morgan fingerprint density at radius 2 is 2.36 bits per heavy atom. The van der Waals surface area contributed by atoms with E-state index in [1.807, 2.05) is 0 Å². The smallest absolute Gasteiger partial charge is 0.285 e. The highest BCUT2D eigenvalue weighted by Gasteiger charge is 2.20. The van der Waals surface area contributed by atoms with Gasteiger partial charge in [0.25, 0.3) is 5.78 Å². The van der Waals surface area contributed by atoms with Gasteiger partial charge in [0.05, 0.1) is 0 Å². The number of rotatable bonds is 2. The fourth-order valence-electron chi connectivity index (χ4n) is 0.560. The molecule has 1 rings (SSSR count). The summed E-state index contributed by atoms with van der Waals surface area (Å²) in [6.07, 6.45) is -2.94. The SMILES string of the molecule is Cc1csc(C(=O)C(F)F)n1. The normalized spacial score (nSPS) is 10.5. The maximum Gasteiger partial charge on any atom is 0.303 e. The number of hydrogen-bond donors (Lipinski definition) is 0. The molecule has 0 aliphatic rings. The van der Waals surface area contributed by atoms with Gasteiger partial charge in [0.1, 0.15) is 0 Å². The maximum absolute atomic E-state index is 11.7. The molecule has 0 spiro atoms. The maximum atomic E-state index is 11.7. The molecule has 60 valence electrons. The molecule has 0 aliphatic carbocycles. The quantitative estimate of drug-likeness (QED) is 0.646. The molecule has 2 nitrogen and oxygen atoms in total. The summed E-state index contributed by atoms with van der Waals surface area (Å²) >= 11 is 0.945. The van der Waals surface area contributed by atoms with Crippen molar-refractivity contribution in [1.82, 2.24) is 4.98 Å². The molecule has 0 atom stereocenters. The summed E-state index contributed by atoms with van der Waals surface area (Å²) in [5, 5.41) is 1.45. The van der Waals surface area contributed by atoms with Gasteiger partial charge in [-0.3, -0.25) is 4.79 Å². The molecule has 11 heavy (non-hydrogen) atoms. The molecule has 5 heteroatoms. The first-order valence-electron chi connectivity index (χ1n) is 2.85. The fraction of sp³-hybridized carbons (Fsp3) is 0.333. The highest BCUT2D eigenvalue weighted by atomic mass is 32.1. The third-order valence-corrected chi connectivity index (χ3v) is 2.00. The lowest BCUT2D eigenvalue weighted by molar-refractivity contribution is 0.0678. The molecule has 1 aromatic rings. The monoisotopic (exact) mass is 177 g/mol. The first-order chi connectivity index (χ1) is 5.11. The van der Waals surface area contributed by atoms with Gasteiger partial charge in [-0.15, -0.1) is 11.3 Å². The van der Waals surface area contributed by atoms with Crippen molar-refractivity contribution in [3.63, 3.8) is 0 Å². The van der Waals surface area contributed by atoms with Crippen molar-refractivity contribution >= 4 is 17.1 Å². The van der Waals surface area contributed by atoms with E-state index < -0.39 is 12.2 Å². The van der Waals surface area contributed by atoms with E-state index in [1.165, 1.54) is 0 Å². The topological polar surface area (TPSA) is 30.0 Å². The van der Waals surface area contributed by atoms with Crippen molar-refractivity contribution in [3.05, 3.63) is 16.1 Å². The van der Waals surface area contributed by atoms with Crippen LogP contribution in [-0.2, 0) is 0 Å². The molecule has 0 aliphatic heterocycles. The molecule has 0 saturated heterocycles. The number of alkyl halides is 2. The molecular weight excluding hydrogens is 172 g/mol. The Morgan fingerprint density at radius 3 is 2.73 bits per heavy atom. The van der Waals surface area contributed by atoms with Crippen LogP contribution in [0, 0.1) is 6.92 Å². The average Bonchev–Trinajstić information content (AvgIpc) is 2.34. The summed E-state index contributed by atoms with van der Waals surface area (Å²) in [6.45, 7) is 1.65. The molecule has 0 bridgehead atoms. The first kappa shape index (κ1) is 8.26. The number of aromatic nitrogens is 1. The van der Waals surface area contributed by atoms with Crippen LogP contribution < -0.4 is 0 Å². The second kappa shape index (κ2) is 3.04. The lowest BCUT2D eigenvalue weighted by Gasteiger charge is -1.90. The van der Waals surface area contributed by atoms with E-state index in [4.69, 9.17) is 0 Å². The lowest BCUT2D eigenvalue weighted by Crippen LogP contribution is -2.09. The minimum absolute atomic E-state index is 0.113. The second-order valence-electron chi connectivity index (χ2n) is 1.96. The van der Waals surface area contributed by atoms with E-state index in [1.54, 1.807) is 12.3 Å². The number of thiazole rings is 1. The van der Waals surface area contributed by atoms with Crippen LogP contribution in [0.5, 0.6) is 0 Å². The van der Waals surface area contributed by atoms with E-state index >= 15 is 0 Å². The summed E-state index contributed by atoms with van der Waals surface area (Å²) in [7, 11) is 0. The molecule has 0 unspecified atom stereocenters. The Hall–Kier alpha value is -0.840. The van der Waals surface area contributed by atoms with E-state index in [0.29, 0.717) is 5.69 Å². The third kappa shape index (κ3) is 1.80. The summed E-state index contributed by atoms with van der Waals surface area (Å²) < 4.78 is 23.5. The van der Waals surface area contributed by atoms with Crippen LogP contribution >= 0.6 is 11.3 Å². The number of ketones is 1. The van der Waals surface area contributed by atoms with E-state index in [9.17, 15) is 13.6 Å². The zero-order valence-electron chi connectivity index (χ0n) is 5.67. The number of halogens is 2. The van der Waals surface area contributed by atoms with Crippen LogP contribution in [0.15, 0.2) is 5.38 Å². The number of carbonyl (C=O) groups excluding carboxylic acids is 1. The Kier molecular flexibility index (Phi) is 2.28. The van der Waals surface area contributed by atoms with Gasteiger partial charge in [-0.1, -0.05) is 0 Å². The molecule has 0 N–H and O–H groups in total. The van der Waals surface area contributed by atoms with Crippen LogP contribution in [0.4, 0.5) is 8.78 Å². The Labute approximate surface area is 65.9 Å². The number of carbonyl (C=O) groups is 1. The van der Waals surface area contributed by atoms with Crippen LogP contribution in [0.3, 0.4) is 0 Å². The van der Waals surface area contributed by atoms with Crippen molar-refractivity contribution in [2.24, 2.45) is 0 Å².